The molecular formula is C17H25NO5. The molecule has 0 bridgehead atoms. The Balaban J connectivity index is 2.18. The van der Waals surface area contributed by atoms with Crippen LogP contribution in [0.4, 0.5) is 0 Å². The Morgan fingerprint density at radius 1 is 1.09 bits per heavy atom. The van der Waals surface area contributed by atoms with Gasteiger partial charge in [-0.2, -0.15) is 4.89 Å². The molecule has 2 heterocycles. The molecule has 6 heteroatoms. The monoisotopic (exact) mass is 323 g/mol. The first-order valence-electron chi connectivity index (χ1n) is 8.09. The Hall–Kier alpha value is -1.08. The lowest BCUT2D eigenvalue weighted by Gasteiger charge is -2.54. The molecule has 1 saturated heterocycles. The highest BCUT2D eigenvalue weighted by Gasteiger charge is 2.68. The molecule has 6 nitrogen and oxygen atoms in total. The predicted octanol–water partition coefficient (Wildman–Crippen LogP) is 1.54. The van der Waals surface area contributed by atoms with Crippen LogP contribution in [0.2, 0.25) is 0 Å². The number of ether oxygens (including phenoxy) is 1. The SMILES string of the molecule is COC12OOC3(C=C1C(=O)C(C)(C)C(=O)C2(C)C)CCNCC3. The smallest absolute Gasteiger partial charge is 0.242 e. The van der Waals surface area contributed by atoms with Crippen molar-refractivity contribution in [2.45, 2.75) is 51.9 Å². The summed E-state index contributed by atoms with van der Waals surface area (Å²) in [6.07, 6.45) is 3.26. The van der Waals surface area contributed by atoms with E-state index in [4.69, 9.17) is 14.5 Å². The number of carbonyl (C=O) groups excluding carboxylic acids is 2. The van der Waals surface area contributed by atoms with Gasteiger partial charge in [-0.15, -0.1) is 0 Å². The highest BCUT2D eigenvalue weighted by Crippen LogP contribution is 2.55. The zero-order valence-corrected chi connectivity index (χ0v) is 14.4. The average Bonchev–Trinajstić information content (AvgIpc) is 2.53. The molecule has 0 radical (unpaired) electrons. The van der Waals surface area contributed by atoms with Crippen LogP contribution < -0.4 is 5.32 Å². The summed E-state index contributed by atoms with van der Waals surface area (Å²) in [6, 6.07) is 0. The molecule has 1 saturated carbocycles. The van der Waals surface area contributed by atoms with Gasteiger partial charge in [0.05, 0.1) is 16.4 Å². The van der Waals surface area contributed by atoms with Crippen LogP contribution in [0.1, 0.15) is 40.5 Å². The van der Waals surface area contributed by atoms with Crippen molar-refractivity contribution < 1.29 is 24.1 Å². The van der Waals surface area contributed by atoms with E-state index in [0.717, 1.165) is 13.1 Å². The first-order chi connectivity index (χ1) is 10.6. The Labute approximate surface area is 136 Å². The van der Waals surface area contributed by atoms with Gasteiger partial charge in [0, 0.05) is 7.11 Å². The first-order valence-corrected chi connectivity index (χ1v) is 8.09. The number of carbonyl (C=O) groups is 2. The van der Waals surface area contributed by atoms with Crippen LogP contribution in [0.25, 0.3) is 0 Å². The van der Waals surface area contributed by atoms with E-state index in [1.165, 1.54) is 7.11 Å². The number of ketones is 2. The number of piperidine rings is 1. The lowest BCUT2D eigenvalue weighted by Crippen LogP contribution is -2.68. The summed E-state index contributed by atoms with van der Waals surface area (Å²) in [5.74, 6) is -1.95. The van der Waals surface area contributed by atoms with Gasteiger partial charge in [-0.25, -0.2) is 4.89 Å². The second-order valence-corrected chi connectivity index (χ2v) is 7.77. The average molecular weight is 323 g/mol. The second kappa shape index (κ2) is 4.96. The van der Waals surface area contributed by atoms with Crippen LogP contribution in [0.3, 0.4) is 0 Å². The molecule has 3 aliphatic rings. The van der Waals surface area contributed by atoms with Crippen LogP contribution in [0, 0.1) is 10.8 Å². The molecular weight excluding hydrogens is 298 g/mol. The molecule has 0 amide bonds. The van der Waals surface area contributed by atoms with Crippen molar-refractivity contribution in [3.05, 3.63) is 11.6 Å². The van der Waals surface area contributed by atoms with Crippen LogP contribution in [0.15, 0.2) is 11.6 Å². The number of hydrogen-bond acceptors (Lipinski definition) is 6. The fraction of sp³-hybridized carbons (Fsp3) is 0.765. The summed E-state index contributed by atoms with van der Waals surface area (Å²) >= 11 is 0. The number of fused-ring (bicyclic) bond motifs is 1. The lowest BCUT2D eigenvalue weighted by molar-refractivity contribution is -0.472. The Morgan fingerprint density at radius 3 is 2.26 bits per heavy atom. The molecule has 2 aliphatic heterocycles. The first kappa shape index (κ1) is 16.8. The summed E-state index contributed by atoms with van der Waals surface area (Å²) < 4.78 is 5.59. The highest BCUT2D eigenvalue weighted by atomic mass is 17.2. The molecule has 1 spiro atoms. The van der Waals surface area contributed by atoms with Gasteiger partial charge in [-0.1, -0.05) is 0 Å². The third kappa shape index (κ3) is 2.02. The van der Waals surface area contributed by atoms with Crippen LogP contribution in [-0.4, -0.2) is 43.2 Å². The minimum Gasteiger partial charge on any atom is -0.346 e. The maximum atomic E-state index is 13.0. The number of Topliss-reactive ketones (excluding diaryl/α,β-unsaturated/α-hetero) is 2. The number of nitrogens with one attached hydrogen (secondary N) is 1. The lowest BCUT2D eigenvalue weighted by atomic mass is 9.57. The largest absolute Gasteiger partial charge is 0.346 e. The summed E-state index contributed by atoms with van der Waals surface area (Å²) in [4.78, 5) is 37.4. The van der Waals surface area contributed by atoms with Gasteiger partial charge >= 0.3 is 0 Å². The molecule has 1 unspecified atom stereocenters. The normalized spacial score (nSPS) is 34.9. The van der Waals surface area contributed by atoms with Crippen LogP contribution in [-0.2, 0) is 24.1 Å². The molecule has 1 aliphatic carbocycles. The zero-order valence-electron chi connectivity index (χ0n) is 14.4. The van der Waals surface area contributed by atoms with Gasteiger partial charge in [0.1, 0.15) is 5.60 Å². The quantitative estimate of drug-likeness (QED) is 0.583. The molecule has 1 N–H and O–H groups in total. The Kier molecular flexibility index (Phi) is 3.61. The number of rotatable bonds is 1. The fourth-order valence-corrected chi connectivity index (χ4v) is 4.07. The molecule has 0 aromatic rings. The van der Waals surface area contributed by atoms with Crippen molar-refractivity contribution in [2.75, 3.05) is 20.2 Å². The van der Waals surface area contributed by atoms with E-state index in [9.17, 15) is 9.59 Å². The molecule has 3 rings (SSSR count). The van der Waals surface area contributed by atoms with E-state index in [1.54, 1.807) is 27.7 Å². The van der Waals surface area contributed by atoms with Gasteiger partial charge in [-0.3, -0.25) is 9.59 Å². The van der Waals surface area contributed by atoms with Crippen LogP contribution in [0.5, 0.6) is 0 Å². The number of methoxy groups -OCH3 is 1. The molecule has 128 valence electrons. The van der Waals surface area contributed by atoms with Crippen molar-refractivity contribution in [2.24, 2.45) is 10.8 Å². The molecule has 1 atom stereocenters. The van der Waals surface area contributed by atoms with E-state index in [-0.39, 0.29) is 11.6 Å². The van der Waals surface area contributed by atoms with Crippen molar-refractivity contribution in [3.8, 4) is 0 Å². The standard InChI is InChI=1S/C17H25NO5/c1-14(2)12(19)11-10-16(6-8-18-9-7-16)22-23-17(11,21-5)15(3,4)13(14)20/h10,18H,6-9H2,1-5H3. The van der Waals surface area contributed by atoms with Gasteiger partial charge in [0.2, 0.25) is 5.79 Å². The molecule has 2 fully saturated rings. The highest BCUT2D eigenvalue weighted by molar-refractivity contribution is 6.19. The third-order valence-corrected chi connectivity index (χ3v) is 5.59. The van der Waals surface area contributed by atoms with E-state index >= 15 is 0 Å². The van der Waals surface area contributed by atoms with Gasteiger partial charge in [-0.05, 0) is 59.7 Å². The number of hydrogen-bond donors (Lipinski definition) is 1. The predicted molar refractivity (Wildman–Crippen MR) is 82.4 cm³/mol. The van der Waals surface area contributed by atoms with E-state index < -0.39 is 22.2 Å². The molecule has 0 aromatic carbocycles. The third-order valence-electron chi connectivity index (χ3n) is 5.59. The van der Waals surface area contributed by atoms with E-state index in [1.807, 2.05) is 6.08 Å². The summed E-state index contributed by atoms with van der Waals surface area (Å²) in [5.41, 5.74) is -2.38. The Morgan fingerprint density at radius 2 is 1.70 bits per heavy atom. The minimum atomic E-state index is -1.49. The fourth-order valence-electron chi connectivity index (χ4n) is 4.07. The van der Waals surface area contributed by atoms with Gasteiger partial charge < -0.3 is 10.1 Å². The van der Waals surface area contributed by atoms with E-state index in [0.29, 0.717) is 18.4 Å². The van der Waals surface area contributed by atoms with Crippen molar-refractivity contribution in [1.29, 1.82) is 0 Å². The zero-order chi connectivity index (χ0) is 17.1. The van der Waals surface area contributed by atoms with E-state index in [2.05, 4.69) is 5.32 Å². The maximum Gasteiger partial charge on any atom is 0.242 e. The maximum absolute atomic E-state index is 13.0. The molecule has 0 aromatic heterocycles. The van der Waals surface area contributed by atoms with Gasteiger partial charge in [0.15, 0.2) is 11.6 Å². The summed E-state index contributed by atoms with van der Waals surface area (Å²) in [6.45, 7) is 8.39. The van der Waals surface area contributed by atoms with Crippen LogP contribution >= 0.6 is 0 Å². The summed E-state index contributed by atoms with van der Waals surface area (Å²) in [7, 11) is 1.44. The minimum absolute atomic E-state index is 0.209. The Bertz CT molecular complexity index is 586. The van der Waals surface area contributed by atoms with Crippen molar-refractivity contribution in [1.82, 2.24) is 5.32 Å². The van der Waals surface area contributed by atoms with Crippen molar-refractivity contribution >= 4 is 11.6 Å². The van der Waals surface area contributed by atoms with Gasteiger partial charge in [0.25, 0.3) is 0 Å². The topological polar surface area (TPSA) is 73.9 Å². The second-order valence-electron chi connectivity index (χ2n) is 7.77. The summed E-state index contributed by atoms with van der Waals surface area (Å²) in [5, 5.41) is 3.27. The molecule has 23 heavy (non-hydrogen) atoms. The van der Waals surface area contributed by atoms with Crippen molar-refractivity contribution in [3.63, 3.8) is 0 Å².